The third-order valence-corrected chi connectivity index (χ3v) is 7.53. The first-order valence-electron chi connectivity index (χ1n) is 14.5. The molecular formula is C37H42O6. The first-order valence-corrected chi connectivity index (χ1v) is 14.5. The van der Waals surface area contributed by atoms with Crippen molar-refractivity contribution in [1.29, 1.82) is 0 Å². The molecule has 0 saturated carbocycles. The van der Waals surface area contributed by atoms with Crippen LogP contribution in [0.25, 0.3) is 21.5 Å². The molecule has 0 spiro atoms. The number of hydrogen-bond acceptors (Lipinski definition) is 5. The minimum absolute atomic E-state index is 0.183. The van der Waals surface area contributed by atoms with E-state index in [1.165, 1.54) is 7.11 Å². The summed E-state index contributed by atoms with van der Waals surface area (Å²) in [7, 11) is 4.73. The number of benzene rings is 4. The van der Waals surface area contributed by atoms with Gasteiger partial charge in [0.1, 0.15) is 11.5 Å². The van der Waals surface area contributed by atoms with Crippen molar-refractivity contribution >= 4 is 33.5 Å². The molecule has 0 amide bonds. The van der Waals surface area contributed by atoms with Crippen molar-refractivity contribution in [2.45, 2.75) is 50.4 Å². The lowest BCUT2D eigenvalue weighted by Crippen LogP contribution is -2.14. The minimum Gasteiger partial charge on any atom is -0.497 e. The van der Waals surface area contributed by atoms with E-state index >= 15 is 0 Å². The molecule has 0 aliphatic rings. The highest BCUT2D eigenvalue weighted by Gasteiger charge is 2.21. The Morgan fingerprint density at radius 1 is 0.674 bits per heavy atom. The summed E-state index contributed by atoms with van der Waals surface area (Å²) >= 11 is 0. The number of carboxylic acids is 1. The van der Waals surface area contributed by atoms with Crippen LogP contribution in [-0.4, -0.2) is 38.4 Å². The fourth-order valence-corrected chi connectivity index (χ4v) is 5.10. The van der Waals surface area contributed by atoms with E-state index < -0.39 is 11.9 Å². The van der Waals surface area contributed by atoms with E-state index in [4.69, 9.17) is 14.2 Å². The zero-order valence-electron chi connectivity index (χ0n) is 25.4. The van der Waals surface area contributed by atoms with E-state index in [2.05, 4.69) is 19.2 Å². The van der Waals surface area contributed by atoms with Gasteiger partial charge in [0.25, 0.3) is 0 Å². The number of unbranched alkanes of at least 4 members (excludes halogenated alkanes) is 2. The van der Waals surface area contributed by atoms with Gasteiger partial charge < -0.3 is 19.3 Å². The number of hydrogen-bond donors (Lipinski definition) is 1. The lowest BCUT2D eigenvalue weighted by atomic mass is 9.92. The zero-order chi connectivity index (χ0) is 31.2. The SMILES string of the molecule is C=CCCCC(C(=O)O)c1ccc2cc(OC)ccc2c1.C=CCCCC(C(=O)OC)c1ccc2cc(OC)ccc2c1. The molecule has 6 heteroatoms. The number of carboxylic acid groups (broad SMARTS) is 1. The smallest absolute Gasteiger partial charge is 0.313 e. The topological polar surface area (TPSA) is 82.1 Å². The highest BCUT2D eigenvalue weighted by molar-refractivity contribution is 5.87. The fourth-order valence-electron chi connectivity index (χ4n) is 5.10. The van der Waals surface area contributed by atoms with Crippen molar-refractivity contribution < 1.29 is 28.9 Å². The lowest BCUT2D eigenvalue weighted by molar-refractivity contribution is -0.142. The number of carbonyl (C=O) groups excluding carboxylic acids is 1. The number of carbonyl (C=O) groups is 2. The van der Waals surface area contributed by atoms with Crippen molar-refractivity contribution in [1.82, 2.24) is 0 Å². The van der Waals surface area contributed by atoms with E-state index in [1.807, 2.05) is 78.9 Å². The van der Waals surface area contributed by atoms with Gasteiger partial charge in [0, 0.05) is 0 Å². The number of fused-ring (bicyclic) bond motifs is 2. The van der Waals surface area contributed by atoms with Crippen LogP contribution in [-0.2, 0) is 14.3 Å². The standard InChI is InChI=1S/C19H22O3.C18H20O3/c1-4-5-6-7-18(19(20)22-3)16-9-8-15-13-17(21-2)11-10-14(15)12-16;1-3-4-5-6-17(18(19)20)15-8-7-14-12-16(21-2)10-9-13(14)11-15/h4,8-13,18H,1,5-7H2,2-3H3;3,7-12,17H,1,4-6H2,2H3,(H,19,20). The Morgan fingerprint density at radius 2 is 1.09 bits per heavy atom. The number of methoxy groups -OCH3 is 3. The summed E-state index contributed by atoms with van der Waals surface area (Å²) in [6.45, 7) is 7.40. The predicted octanol–water partition coefficient (Wildman–Crippen LogP) is 8.83. The van der Waals surface area contributed by atoms with Gasteiger partial charge in [-0.3, -0.25) is 9.59 Å². The van der Waals surface area contributed by atoms with Gasteiger partial charge in [-0.25, -0.2) is 0 Å². The molecule has 226 valence electrons. The van der Waals surface area contributed by atoms with E-state index in [-0.39, 0.29) is 11.9 Å². The minimum atomic E-state index is -0.771. The second kappa shape index (κ2) is 16.8. The molecule has 0 aliphatic carbocycles. The number of rotatable bonds is 14. The number of ether oxygens (including phenoxy) is 3. The normalized spacial score (nSPS) is 12.0. The van der Waals surface area contributed by atoms with Crippen LogP contribution in [0.5, 0.6) is 11.5 Å². The summed E-state index contributed by atoms with van der Waals surface area (Å²) in [5, 5.41) is 13.7. The largest absolute Gasteiger partial charge is 0.497 e. The van der Waals surface area contributed by atoms with Gasteiger partial charge in [-0.2, -0.15) is 0 Å². The first kappa shape index (κ1) is 32.9. The molecule has 0 radical (unpaired) electrons. The summed E-state index contributed by atoms with van der Waals surface area (Å²) in [6, 6.07) is 23.6. The van der Waals surface area contributed by atoms with E-state index in [0.29, 0.717) is 6.42 Å². The molecule has 0 fully saturated rings. The summed E-state index contributed by atoms with van der Waals surface area (Å²) in [4.78, 5) is 23.6. The van der Waals surface area contributed by atoms with Gasteiger partial charge in [-0.05, 0) is 95.5 Å². The van der Waals surface area contributed by atoms with E-state index in [1.54, 1.807) is 14.2 Å². The lowest BCUT2D eigenvalue weighted by Gasteiger charge is -2.15. The van der Waals surface area contributed by atoms with Crippen LogP contribution in [0.3, 0.4) is 0 Å². The Hall–Kier alpha value is -4.58. The molecule has 4 rings (SSSR count). The molecule has 0 saturated heterocycles. The van der Waals surface area contributed by atoms with Crippen LogP contribution in [0.2, 0.25) is 0 Å². The molecular weight excluding hydrogens is 540 g/mol. The van der Waals surface area contributed by atoms with Crippen LogP contribution in [0, 0.1) is 0 Å². The molecule has 1 N–H and O–H groups in total. The average molecular weight is 583 g/mol. The Balaban J connectivity index is 0.000000236. The second-order valence-corrected chi connectivity index (χ2v) is 10.4. The van der Waals surface area contributed by atoms with Gasteiger partial charge in [0.2, 0.25) is 0 Å². The van der Waals surface area contributed by atoms with Crippen molar-refractivity contribution in [3.05, 3.63) is 109 Å². The van der Waals surface area contributed by atoms with Crippen molar-refractivity contribution in [2.24, 2.45) is 0 Å². The highest BCUT2D eigenvalue weighted by Crippen LogP contribution is 2.30. The average Bonchev–Trinajstić information content (AvgIpc) is 3.04. The fraction of sp³-hybridized carbons (Fsp3) is 0.297. The summed E-state index contributed by atoms with van der Waals surface area (Å²) in [5.41, 5.74) is 1.85. The maximum atomic E-state index is 12.1. The van der Waals surface area contributed by atoms with E-state index in [0.717, 1.165) is 76.3 Å². The summed E-state index contributed by atoms with van der Waals surface area (Å²) in [6.07, 6.45) is 8.59. The second-order valence-electron chi connectivity index (χ2n) is 10.4. The van der Waals surface area contributed by atoms with Gasteiger partial charge in [0.05, 0.1) is 33.2 Å². The van der Waals surface area contributed by atoms with Gasteiger partial charge >= 0.3 is 11.9 Å². The molecule has 2 unspecified atom stereocenters. The quantitative estimate of drug-likeness (QED) is 0.0909. The molecule has 4 aromatic rings. The molecule has 0 aliphatic heterocycles. The van der Waals surface area contributed by atoms with Crippen molar-refractivity contribution in [2.75, 3.05) is 21.3 Å². The van der Waals surface area contributed by atoms with Crippen LogP contribution in [0.15, 0.2) is 98.1 Å². The molecule has 4 aromatic carbocycles. The number of allylic oxidation sites excluding steroid dienone is 2. The highest BCUT2D eigenvalue weighted by atomic mass is 16.5. The van der Waals surface area contributed by atoms with E-state index in [9.17, 15) is 14.7 Å². The van der Waals surface area contributed by atoms with Crippen molar-refractivity contribution in [3.8, 4) is 11.5 Å². The molecule has 43 heavy (non-hydrogen) atoms. The Kier molecular flexibility index (Phi) is 12.8. The molecule has 0 heterocycles. The third kappa shape index (κ3) is 9.20. The van der Waals surface area contributed by atoms with Crippen LogP contribution in [0.4, 0.5) is 0 Å². The van der Waals surface area contributed by atoms with Crippen LogP contribution < -0.4 is 9.47 Å². The molecule has 6 nitrogen and oxygen atoms in total. The van der Waals surface area contributed by atoms with Crippen LogP contribution in [0.1, 0.15) is 61.5 Å². The van der Waals surface area contributed by atoms with Crippen LogP contribution >= 0.6 is 0 Å². The summed E-state index contributed by atoms with van der Waals surface area (Å²) in [5.74, 6) is -0.0106. The maximum Gasteiger partial charge on any atom is 0.313 e. The van der Waals surface area contributed by atoms with Gasteiger partial charge in [0.15, 0.2) is 0 Å². The first-order chi connectivity index (χ1) is 20.8. The van der Waals surface area contributed by atoms with Gasteiger partial charge in [-0.15, -0.1) is 13.2 Å². The number of aliphatic carboxylic acids is 1. The molecule has 0 aromatic heterocycles. The van der Waals surface area contributed by atoms with Crippen molar-refractivity contribution in [3.63, 3.8) is 0 Å². The Morgan fingerprint density at radius 3 is 1.51 bits per heavy atom. The van der Waals surface area contributed by atoms with Gasteiger partial charge in [-0.1, -0.05) is 60.7 Å². The molecule has 0 bridgehead atoms. The predicted molar refractivity (Wildman–Crippen MR) is 174 cm³/mol. The number of esters is 1. The third-order valence-electron chi connectivity index (χ3n) is 7.53. The zero-order valence-corrected chi connectivity index (χ0v) is 25.4. The Bertz CT molecular complexity index is 1540. The monoisotopic (exact) mass is 582 g/mol. The molecule has 2 atom stereocenters. The summed E-state index contributed by atoms with van der Waals surface area (Å²) < 4.78 is 15.4. The Labute approximate surface area is 254 Å². The maximum absolute atomic E-state index is 12.1.